The molecule has 148 valence electrons. The van der Waals surface area contributed by atoms with E-state index in [9.17, 15) is 4.79 Å². The van der Waals surface area contributed by atoms with Crippen molar-refractivity contribution in [2.45, 2.75) is 86.0 Å². The van der Waals surface area contributed by atoms with Gasteiger partial charge in [-0.25, -0.2) is 0 Å². The van der Waals surface area contributed by atoms with Gasteiger partial charge in [0.1, 0.15) is 0 Å². The van der Waals surface area contributed by atoms with E-state index in [1.807, 2.05) is 13.8 Å². The number of methoxy groups -OCH3 is 1. The van der Waals surface area contributed by atoms with Crippen molar-refractivity contribution >= 4 is 5.91 Å². The average Bonchev–Trinajstić information content (AvgIpc) is 2.89. The third-order valence-electron chi connectivity index (χ3n) is 5.59. The van der Waals surface area contributed by atoms with Crippen molar-refractivity contribution < 1.29 is 14.3 Å². The molecule has 2 aliphatic heterocycles. The first-order valence-corrected chi connectivity index (χ1v) is 10.3. The third kappa shape index (κ3) is 5.96. The molecule has 0 radical (unpaired) electrons. The van der Waals surface area contributed by atoms with E-state index >= 15 is 0 Å². The first-order valence-electron chi connectivity index (χ1n) is 10.3. The van der Waals surface area contributed by atoms with Crippen LogP contribution in [0.4, 0.5) is 0 Å². The molecule has 5 atom stereocenters. The number of amides is 1. The van der Waals surface area contributed by atoms with Crippen LogP contribution in [0, 0.1) is 23.7 Å². The molecule has 2 rings (SSSR count). The summed E-state index contributed by atoms with van der Waals surface area (Å²) in [5.74, 6) is 1.78. The minimum Gasteiger partial charge on any atom is -0.384 e. The molecule has 0 N–H and O–H groups in total. The van der Waals surface area contributed by atoms with Crippen LogP contribution in [0.3, 0.4) is 0 Å². The van der Waals surface area contributed by atoms with Crippen LogP contribution in [-0.4, -0.2) is 49.3 Å². The first kappa shape index (κ1) is 22.4. The fraction of sp³-hybridized carbons (Fsp3) is 0.952. The summed E-state index contributed by atoms with van der Waals surface area (Å²) in [6.45, 7) is 16.5. The SMILES string of the molecule is CC.COCC1C[C@@H](C)N(C(=O)C(C(C)C)C2CC(C)OC(C)C2)C1. The molecule has 4 unspecified atom stereocenters. The van der Waals surface area contributed by atoms with Crippen LogP contribution in [0.25, 0.3) is 0 Å². The van der Waals surface area contributed by atoms with Crippen LogP contribution in [0.5, 0.6) is 0 Å². The highest BCUT2D eigenvalue weighted by atomic mass is 16.5. The van der Waals surface area contributed by atoms with Crippen LogP contribution in [0.2, 0.25) is 0 Å². The molecule has 4 heteroatoms. The van der Waals surface area contributed by atoms with E-state index in [4.69, 9.17) is 9.47 Å². The van der Waals surface area contributed by atoms with Gasteiger partial charge in [0.2, 0.25) is 5.91 Å². The van der Waals surface area contributed by atoms with Crippen LogP contribution >= 0.6 is 0 Å². The molecule has 4 nitrogen and oxygen atoms in total. The number of rotatable bonds is 5. The molecule has 0 aromatic rings. The van der Waals surface area contributed by atoms with Gasteiger partial charge in [0.15, 0.2) is 0 Å². The standard InChI is InChI=1S/C19H35NO3.C2H6/c1-12(2)18(17-8-14(4)23-15(5)9-17)19(21)20-10-16(11-22-6)7-13(20)3;1-2/h12-18H,7-11H2,1-6H3;1-2H3/t13-,14?,15?,16?,17?,18?;/m1./s1. The van der Waals surface area contributed by atoms with Gasteiger partial charge in [-0.2, -0.15) is 0 Å². The van der Waals surface area contributed by atoms with Crippen molar-refractivity contribution in [1.82, 2.24) is 4.90 Å². The number of hydrogen-bond donors (Lipinski definition) is 0. The van der Waals surface area contributed by atoms with Gasteiger partial charge in [0.05, 0.1) is 18.8 Å². The fourth-order valence-electron chi connectivity index (χ4n) is 4.78. The molecule has 2 saturated heterocycles. The van der Waals surface area contributed by atoms with E-state index in [2.05, 4.69) is 39.5 Å². The van der Waals surface area contributed by atoms with E-state index in [1.165, 1.54) is 0 Å². The smallest absolute Gasteiger partial charge is 0.226 e. The van der Waals surface area contributed by atoms with Crippen LogP contribution in [0.1, 0.15) is 67.7 Å². The van der Waals surface area contributed by atoms with Gasteiger partial charge >= 0.3 is 0 Å². The van der Waals surface area contributed by atoms with E-state index in [0.29, 0.717) is 29.7 Å². The predicted molar refractivity (Wildman–Crippen MR) is 104 cm³/mol. The lowest BCUT2D eigenvalue weighted by atomic mass is 9.75. The molecule has 25 heavy (non-hydrogen) atoms. The molecule has 2 aliphatic rings. The lowest BCUT2D eigenvalue weighted by molar-refractivity contribution is -0.144. The van der Waals surface area contributed by atoms with Crippen molar-refractivity contribution in [2.75, 3.05) is 20.3 Å². The lowest BCUT2D eigenvalue weighted by Gasteiger charge is -2.40. The number of likely N-dealkylation sites (tertiary alicyclic amines) is 1. The summed E-state index contributed by atoms with van der Waals surface area (Å²) in [6, 6.07) is 0.332. The average molecular weight is 356 g/mol. The summed E-state index contributed by atoms with van der Waals surface area (Å²) in [5.41, 5.74) is 0. The Bertz CT molecular complexity index is 389. The van der Waals surface area contributed by atoms with Gasteiger partial charge in [-0.15, -0.1) is 0 Å². The summed E-state index contributed by atoms with van der Waals surface area (Å²) in [5, 5.41) is 0. The second-order valence-electron chi connectivity index (χ2n) is 8.16. The topological polar surface area (TPSA) is 38.8 Å². The molecule has 0 bridgehead atoms. The number of nitrogens with zero attached hydrogens (tertiary/aromatic N) is 1. The summed E-state index contributed by atoms with van der Waals surface area (Å²) in [7, 11) is 1.75. The van der Waals surface area contributed by atoms with Crippen LogP contribution in [0.15, 0.2) is 0 Å². The number of hydrogen-bond acceptors (Lipinski definition) is 3. The molecular formula is C21H41NO3. The van der Waals surface area contributed by atoms with Gasteiger partial charge in [-0.1, -0.05) is 27.7 Å². The van der Waals surface area contributed by atoms with Gasteiger partial charge < -0.3 is 14.4 Å². The van der Waals surface area contributed by atoms with E-state index in [0.717, 1.165) is 32.4 Å². The van der Waals surface area contributed by atoms with Crippen molar-refractivity contribution in [3.8, 4) is 0 Å². The minimum absolute atomic E-state index is 0.118. The van der Waals surface area contributed by atoms with Crippen molar-refractivity contribution in [3.05, 3.63) is 0 Å². The molecule has 0 saturated carbocycles. The Morgan fingerprint density at radius 1 is 1.12 bits per heavy atom. The maximum absolute atomic E-state index is 13.3. The van der Waals surface area contributed by atoms with Crippen molar-refractivity contribution in [1.29, 1.82) is 0 Å². The normalized spacial score (nSPS) is 33.8. The second kappa shape index (κ2) is 10.5. The van der Waals surface area contributed by atoms with Crippen molar-refractivity contribution in [2.24, 2.45) is 23.7 Å². The van der Waals surface area contributed by atoms with Gasteiger partial charge in [-0.3, -0.25) is 4.79 Å². The molecule has 2 fully saturated rings. The lowest BCUT2D eigenvalue weighted by Crippen LogP contribution is -2.46. The zero-order chi connectivity index (χ0) is 19.1. The Labute approximate surface area is 155 Å². The molecule has 1 amide bonds. The zero-order valence-corrected chi connectivity index (χ0v) is 17.7. The maximum atomic E-state index is 13.3. The monoisotopic (exact) mass is 355 g/mol. The quantitative estimate of drug-likeness (QED) is 0.735. The first-order chi connectivity index (χ1) is 11.8. The summed E-state index contributed by atoms with van der Waals surface area (Å²) in [4.78, 5) is 15.4. The highest BCUT2D eigenvalue weighted by molar-refractivity contribution is 5.80. The van der Waals surface area contributed by atoms with E-state index < -0.39 is 0 Å². The number of carbonyl (C=O) groups is 1. The van der Waals surface area contributed by atoms with Crippen LogP contribution < -0.4 is 0 Å². The van der Waals surface area contributed by atoms with Gasteiger partial charge in [0, 0.05) is 31.5 Å². The van der Waals surface area contributed by atoms with Crippen LogP contribution in [-0.2, 0) is 14.3 Å². The third-order valence-corrected chi connectivity index (χ3v) is 5.59. The molecular weight excluding hydrogens is 314 g/mol. The Hall–Kier alpha value is -0.610. The minimum atomic E-state index is 0.118. The number of carbonyl (C=O) groups excluding carboxylic acids is 1. The zero-order valence-electron chi connectivity index (χ0n) is 17.7. The van der Waals surface area contributed by atoms with E-state index in [1.54, 1.807) is 7.11 Å². The fourth-order valence-corrected chi connectivity index (χ4v) is 4.78. The Kier molecular flexibility index (Phi) is 9.44. The summed E-state index contributed by atoms with van der Waals surface area (Å²) < 4.78 is 11.2. The second-order valence-corrected chi connectivity index (χ2v) is 8.16. The largest absolute Gasteiger partial charge is 0.384 e. The molecule has 0 aromatic carbocycles. The predicted octanol–water partition coefficient (Wildman–Crippen LogP) is 4.37. The Morgan fingerprint density at radius 2 is 1.68 bits per heavy atom. The molecule has 0 aromatic heterocycles. The molecule has 0 aliphatic carbocycles. The van der Waals surface area contributed by atoms with Gasteiger partial charge in [0.25, 0.3) is 0 Å². The summed E-state index contributed by atoms with van der Waals surface area (Å²) >= 11 is 0. The van der Waals surface area contributed by atoms with E-state index in [-0.39, 0.29) is 18.1 Å². The highest BCUT2D eigenvalue weighted by Crippen LogP contribution is 2.37. The Balaban J connectivity index is 0.00000151. The summed E-state index contributed by atoms with van der Waals surface area (Å²) in [6.07, 6.45) is 3.58. The Morgan fingerprint density at radius 3 is 2.16 bits per heavy atom. The molecule has 0 spiro atoms. The number of ether oxygens (including phenoxy) is 2. The maximum Gasteiger partial charge on any atom is 0.226 e. The van der Waals surface area contributed by atoms with Crippen molar-refractivity contribution in [3.63, 3.8) is 0 Å². The molecule has 2 heterocycles. The highest BCUT2D eigenvalue weighted by Gasteiger charge is 2.41. The van der Waals surface area contributed by atoms with Gasteiger partial charge in [-0.05, 0) is 51.9 Å².